The molecule has 0 saturated carbocycles. The maximum Gasteiger partial charge on any atom is 0.471 e. The smallest absolute Gasteiger partial charge is 0.408 e. The molecule has 1 heterocycles. The van der Waals surface area contributed by atoms with Crippen LogP contribution < -0.4 is 5.32 Å². The van der Waals surface area contributed by atoms with Crippen LogP contribution in [0.15, 0.2) is 21.8 Å². The molecule has 1 aliphatic rings. The van der Waals surface area contributed by atoms with E-state index >= 15 is 0 Å². The van der Waals surface area contributed by atoms with Crippen LogP contribution in [0, 0.1) is 0 Å². The molecule has 1 unspecified atom stereocenters. The number of amides is 1. The van der Waals surface area contributed by atoms with E-state index < -0.39 is 29.6 Å². The van der Waals surface area contributed by atoms with Crippen molar-refractivity contribution in [1.29, 1.82) is 0 Å². The monoisotopic (exact) mass is 361 g/mol. The third-order valence-electron chi connectivity index (χ3n) is 3.37. The molecule has 9 heteroatoms. The van der Waals surface area contributed by atoms with Gasteiger partial charge in [0.25, 0.3) is 0 Å². The van der Waals surface area contributed by atoms with Gasteiger partial charge in [0.2, 0.25) is 5.90 Å². The largest absolute Gasteiger partial charge is 0.471 e. The zero-order valence-electron chi connectivity index (χ0n) is 14.6. The molecule has 0 radical (unpaired) electrons. The van der Waals surface area contributed by atoms with Crippen molar-refractivity contribution in [3.05, 3.63) is 11.8 Å². The summed E-state index contributed by atoms with van der Waals surface area (Å²) in [4.78, 5) is 31.2. The molecule has 1 rings (SSSR count). The first kappa shape index (κ1) is 20.9. The molecule has 0 aromatic carbocycles. The lowest BCUT2D eigenvalue weighted by molar-refractivity contribution is -0.174. The van der Waals surface area contributed by atoms with Gasteiger partial charge in [0.15, 0.2) is 5.54 Å². The van der Waals surface area contributed by atoms with E-state index in [1.807, 2.05) is 12.2 Å². The number of halogens is 3. The summed E-state index contributed by atoms with van der Waals surface area (Å²) in [7, 11) is 0. The first-order chi connectivity index (χ1) is 11.5. The number of unbranched alkanes of at least 4 members (excludes halogenated alkanes) is 1. The first-order valence-electron chi connectivity index (χ1n) is 7.88. The molecular formula is C16H22F3N3O3. The van der Waals surface area contributed by atoms with E-state index in [2.05, 4.69) is 9.98 Å². The number of carbonyl (C=O) groups excluding carboxylic acids is 2. The number of alkyl halides is 3. The van der Waals surface area contributed by atoms with Crippen LogP contribution in [0.5, 0.6) is 0 Å². The third kappa shape index (κ3) is 5.99. The summed E-state index contributed by atoms with van der Waals surface area (Å²) < 4.78 is 42.7. The summed E-state index contributed by atoms with van der Waals surface area (Å²) in [6.45, 7) is 6.58. The Balaban J connectivity index is 3.04. The quantitative estimate of drug-likeness (QED) is 0.559. The molecule has 1 amide bonds. The molecule has 1 atom stereocenters. The van der Waals surface area contributed by atoms with Gasteiger partial charge >= 0.3 is 18.1 Å². The van der Waals surface area contributed by atoms with Crippen molar-refractivity contribution < 1.29 is 27.5 Å². The van der Waals surface area contributed by atoms with E-state index in [9.17, 15) is 22.8 Å². The van der Waals surface area contributed by atoms with Crippen LogP contribution in [0.4, 0.5) is 13.2 Å². The van der Waals surface area contributed by atoms with Crippen LogP contribution in [-0.2, 0) is 14.3 Å². The molecule has 1 aliphatic heterocycles. The first-order valence-corrected chi connectivity index (χ1v) is 7.88. The number of aliphatic imine (C=N–C) groups is 2. The van der Waals surface area contributed by atoms with Gasteiger partial charge in [-0.25, -0.2) is 9.79 Å². The van der Waals surface area contributed by atoms with Gasteiger partial charge in [0.1, 0.15) is 6.04 Å². The number of nitrogens with one attached hydrogen (secondary N) is 1. The molecule has 0 bridgehead atoms. The fourth-order valence-electron chi connectivity index (χ4n) is 1.92. The van der Waals surface area contributed by atoms with Crippen molar-refractivity contribution >= 4 is 24.0 Å². The Morgan fingerprint density at radius 1 is 1.44 bits per heavy atom. The molecule has 1 N–H and O–H groups in total. The fraction of sp³-hybridized carbons (Fsp3) is 0.625. The summed E-state index contributed by atoms with van der Waals surface area (Å²) in [5, 5.41) is 1.83. The highest BCUT2D eigenvalue weighted by atomic mass is 19.4. The Morgan fingerprint density at radius 2 is 2.08 bits per heavy atom. The van der Waals surface area contributed by atoms with Gasteiger partial charge in [-0.15, -0.1) is 0 Å². The number of carbonyl (C=O) groups is 2. The number of esters is 1. The average Bonchev–Trinajstić information content (AvgIpc) is 2.77. The van der Waals surface area contributed by atoms with E-state index in [1.54, 1.807) is 19.2 Å². The van der Waals surface area contributed by atoms with Crippen molar-refractivity contribution in [2.24, 2.45) is 9.98 Å². The number of allylic oxidation sites excluding steroid dienone is 1. The van der Waals surface area contributed by atoms with Gasteiger partial charge in [-0.05, 0) is 27.2 Å². The van der Waals surface area contributed by atoms with Crippen molar-refractivity contribution in [2.75, 3.05) is 0 Å². The summed E-state index contributed by atoms with van der Waals surface area (Å²) in [5.74, 6) is -3.07. The molecule has 0 aromatic rings. The lowest BCUT2D eigenvalue weighted by atomic mass is 10.1. The van der Waals surface area contributed by atoms with Gasteiger partial charge in [0, 0.05) is 18.3 Å². The number of hydrogen-bond acceptors (Lipinski definition) is 5. The number of hydrogen-bond donors (Lipinski definition) is 1. The molecule has 140 valence electrons. The Kier molecular flexibility index (Phi) is 6.89. The van der Waals surface area contributed by atoms with E-state index in [1.165, 1.54) is 13.8 Å². The highest BCUT2D eigenvalue weighted by molar-refractivity contribution is 6.03. The number of rotatable bonds is 7. The Morgan fingerprint density at radius 3 is 2.52 bits per heavy atom. The van der Waals surface area contributed by atoms with Gasteiger partial charge < -0.3 is 10.1 Å². The summed E-state index contributed by atoms with van der Waals surface area (Å²) >= 11 is 0. The van der Waals surface area contributed by atoms with Crippen LogP contribution in [-0.4, -0.2) is 41.7 Å². The highest BCUT2D eigenvalue weighted by Gasteiger charge is 2.44. The van der Waals surface area contributed by atoms with Crippen LogP contribution in [0.3, 0.4) is 0 Å². The molecule has 0 saturated heterocycles. The molecule has 25 heavy (non-hydrogen) atoms. The van der Waals surface area contributed by atoms with Gasteiger partial charge in [-0.1, -0.05) is 19.4 Å². The topological polar surface area (TPSA) is 80.1 Å². The fourth-order valence-corrected chi connectivity index (χ4v) is 1.92. The van der Waals surface area contributed by atoms with Crippen LogP contribution in [0.25, 0.3) is 0 Å². The number of ether oxygens (including phenoxy) is 1. The molecule has 0 fully saturated rings. The Hall–Kier alpha value is -2.19. The minimum absolute atomic E-state index is 0.0826. The third-order valence-corrected chi connectivity index (χ3v) is 3.37. The molecule has 6 nitrogen and oxygen atoms in total. The van der Waals surface area contributed by atoms with Crippen LogP contribution >= 0.6 is 0 Å². The zero-order valence-corrected chi connectivity index (χ0v) is 14.6. The maximum atomic E-state index is 12.6. The normalized spacial score (nSPS) is 18.9. The predicted octanol–water partition coefficient (Wildman–Crippen LogP) is 2.93. The second kappa shape index (κ2) is 8.26. The van der Waals surface area contributed by atoms with Crippen molar-refractivity contribution in [3.63, 3.8) is 0 Å². The minimum Gasteiger partial charge on any atom is -0.408 e. The van der Waals surface area contributed by atoms with Crippen molar-refractivity contribution in [3.8, 4) is 0 Å². The van der Waals surface area contributed by atoms with E-state index in [0.717, 1.165) is 6.42 Å². The van der Waals surface area contributed by atoms with Crippen LogP contribution in [0.2, 0.25) is 0 Å². The lowest BCUT2D eigenvalue weighted by Gasteiger charge is -2.18. The lowest BCUT2D eigenvalue weighted by Crippen LogP contribution is -2.47. The standard InChI is InChI=1S/C16H22F3N3O3/c1-5-7-8-20-10(6-2)9-11(21-13(23)16(17,18)19)12-22-15(3,4)14(24)25-12/h6,8,11H,5,7,9H2,1-4H3,(H,21,23)/b10-6-,20-8?. The summed E-state index contributed by atoms with van der Waals surface area (Å²) in [6.07, 6.45) is -0.307. The van der Waals surface area contributed by atoms with E-state index in [-0.39, 0.29) is 12.3 Å². The highest BCUT2D eigenvalue weighted by Crippen LogP contribution is 2.23. The van der Waals surface area contributed by atoms with Gasteiger partial charge in [-0.2, -0.15) is 13.2 Å². The second-order valence-electron chi connectivity index (χ2n) is 6.01. The SMILES string of the molecule is C/C=C(/CC(NC(=O)C(F)(F)F)C1=NC(C)(C)C(=O)O1)N=CCCC. The molecule has 0 spiro atoms. The molecule has 0 aliphatic carbocycles. The number of cyclic esters (lactones) is 1. The van der Waals surface area contributed by atoms with Gasteiger partial charge in [0.05, 0.1) is 0 Å². The summed E-state index contributed by atoms with van der Waals surface area (Å²) in [5.41, 5.74) is -0.762. The van der Waals surface area contributed by atoms with Crippen molar-refractivity contribution in [2.45, 2.75) is 64.7 Å². The average molecular weight is 361 g/mol. The maximum absolute atomic E-state index is 12.6. The van der Waals surface area contributed by atoms with Crippen LogP contribution in [0.1, 0.15) is 47.0 Å². The van der Waals surface area contributed by atoms with Crippen molar-refractivity contribution in [1.82, 2.24) is 5.32 Å². The number of nitrogens with zero attached hydrogens (tertiary/aromatic N) is 2. The molecular weight excluding hydrogens is 339 g/mol. The van der Waals surface area contributed by atoms with Gasteiger partial charge in [-0.3, -0.25) is 9.79 Å². The van der Waals surface area contributed by atoms with E-state index in [4.69, 9.17) is 4.74 Å². The Bertz CT molecular complexity index is 607. The predicted molar refractivity (Wildman–Crippen MR) is 87.4 cm³/mol. The summed E-state index contributed by atoms with van der Waals surface area (Å²) in [6, 6.07) is -1.25. The minimum atomic E-state index is -5.06. The molecule has 0 aromatic heterocycles. The van der Waals surface area contributed by atoms with E-state index in [0.29, 0.717) is 12.1 Å². The second-order valence-corrected chi connectivity index (χ2v) is 6.01. The zero-order chi connectivity index (χ0) is 19.3. The Labute approximate surface area is 144 Å².